The van der Waals surface area contributed by atoms with Gasteiger partial charge in [-0.25, -0.2) is 4.79 Å². The van der Waals surface area contributed by atoms with Gasteiger partial charge < -0.3 is 10.2 Å². The van der Waals surface area contributed by atoms with Crippen molar-refractivity contribution in [3.05, 3.63) is 12.2 Å². The van der Waals surface area contributed by atoms with Crippen LogP contribution in [0.3, 0.4) is 0 Å². The van der Waals surface area contributed by atoms with Gasteiger partial charge in [0.05, 0.1) is 6.10 Å². The van der Waals surface area contributed by atoms with Gasteiger partial charge in [-0.2, -0.15) is 0 Å². The number of hydrogen-bond acceptors (Lipinski definition) is 2. The molecular formula is C16H30O3. The Morgan fingerprint density at radius 3 is 1.89 bits per heavy atom. The number of aliphatic hydroxyl groups excluding tert-OH is 1. The molecule has 0 radical (unpaired) electrons. The zero-order valence-corrected chi connectivity index (χ0v) is 12.3. The highest BCUT2D eigenvalue weighted by atomic mass is 16.4. The number of carboxylic acids is 1. The van der Waals surface area contributed by atoms with Crippen LogP contribution in [-0.4, -0.2) is 22.3 Å². The summed E-state index contributed by atoms with van der Waals surface area (Å²) in [5.41, 5.74) is 0. The van der Waals surface area contributed by atoms with Crippen molar-refractivity contribution in [1.29, 1.82) is 0 Å². The predicted molar refractivity (Wildman–Crippen MR) is 79.2 cm³/mol. The molecule has 2 N–H and O–H groups in total. The molecule has 19 heavy (non-hydrogen) atoms. The maximum atomic E-state index is 10.2. The second kappa shape index (κ2) is 13.6. The first-order valence-electron chi connectivity index (χ1n) is 7.76. The summed E-state index contributed by atoms with van der Waals surface area (Å²) in [5, 5.41) is 17.9. The number of aliphatic carboxylic acids is 1. The third kappa shape index (κ3) is 15.1. The lowest BCUT2D eigenvalue weighted by molar-refractivity contribution is -0.131. The van der Waals surface area contributed by atoms with Crippen LogP contribution in [0.1, 0.15) is 77.6 Å². The van der Waals surface area contributed by atoms with Gasteiger partial charge in [0, 0.05) is 6.08 Å². The van der Waals surface area contributed by atoms with Crippen LogP contribution in [0.25, 0.3) is 0 Å². The topological polar surface area (TPSA) is 57.5 Å². The third-order valence-corrected chi connectivity index (χ3v) is 3.31. The molecule has 0 bridgehead atoms. The highest BCUT2D eigenvalue weighted by molar-refractivity contribution is 5.79. The van der Waals surface area contributed by atoms with Crippen LogP contribution in [0.2, 0.25) is 0 Å². The number of unbranched alkanes of at least 4 members (excludes halogenated alkanes) is 9. The Morgan fingerprint density at radius 1 is 0.947 bits per heavy atom. The van der Waals surface area contributed by atoms with Crippen molar-refractivity contribution in [2.45, 2.75) is 83.7 Å². The van der Waals surface area contributed by atoms with E-state index in [-0.39, 0.29) is 0 Å². The van der Waals surface area contributed by atoms with Crippen LogP contribution < -0.4 is 0 Å². The van der Waals surface area contributed by atoms with E-state index >= 15 is 0 Å². The fraction of sp³-hybridized carbons (Fsp3) is 0.812. The summed E-state index contributed by atoms with van der Waals surface area (Å²) < 4.78 is 0. The summed E-state index contributed by atoms with van der Waals surface area (Å²) in [5.74, 6) is -0.998. The molecule has 1 unspecified atom stereocenters. The smallest absolute Gasteiger partial charge is 0.328 e. The van der Waals surface area contributed by atoms with Gasteiger partial charge in [-0.15, -0.1) is 0 Å². The van der Waals surface area contributed by atoms with Crippen LogP contribution in [0.4, 0.5) is 0 Å². The van der Waals surface area contributed by atoms with Gasteiger partial charge in [0.25, 0.3) is 0 Å². The lowest BCUT2D eigenvalue weighted by Crippen LogP contribution is -2.03. The molecule has 1 atom stereocenters. The van der Waals surface area contributed by atoms with Gasteiger partial charge in [-0.05, 0) is 12.5 Å². The Balaban J connectivity index is 3.20. The van der Waals surface area contributed by atoms with Crippen molar-refractivity contribution >= 4 is 5.97 Å². The van der Waals surface area contributed by atoms with E-state index < -0.39 is 12.1 Å². The quantitative estimate of drug-likeness (QED) is 0.387. The second-order valence-corrected chi connectivity index (χ2v) is 5.24. The van der Waals surface area contributed by atoms with Crippen molar-refractivity contribution < 1.29 is 15.0 Å². The molecule has 0 aromatic carbocycles. The Labute approximate surface area is 117 Å². The molecule has 0 aliphatic rings. The lowest BCUT2D eigenvalue weighted by atomic mass is 10.0. The lowest BCUT2D eigenvalue weighted by Gasteiger charge is -2.05. The number of hydrogen-bond donors (Lipinski definition) is 2. The summed E-state index contributed by atoms with van der Waals surface area (Å²) in [6, 6.07) is 0. The largest absolute Gasteiger partial charge is 0.478 e. The molecule has 0 aromatic heterocycles. The number of aliphatic hydroxyl groups is 1. The molecule has 0 heterocycles. The first-order valence-corrected chi connectivity index (χ1v) is 7.76. The van der Waals surface area contributed by atoms with Crippen LogP contribution in [0, 0.1) is 0 Å². The Hall–Kier alpha value is -0.830. The first kappa shape index (κ1) is 18.2. The van der Waals surface area contributed by atoms with E-state index in [9.17, 15) is 9.90 Å². The Bertz CT molecular complexity index is 236. The average molecular weight is 270 g/mol. The maximum Gasteiger partial charge on any atom is 0.328 e. The number of carboxylic acid groups (broad SMARTS) is 1. The summed E-state index contributed by atoms with van der Waals surface area (Å²) in [6.07, 6.45) is 15.1. The number of rotatable bonds is 13. The van der Waals surface area contributed by atoms with E-state index in [0.29, 0.717) is 6.42 Å². The van der Waals surface area contributed by atoms with Gasteiger partial charge in [0.1, 0.15) is 0 Å². The van der Waals surface area contributed by atoms with Crippen molar-refractivity contribution in [1.82, 2.24) is 0 Å². The Morgan fingerprint density at radius 2 is 1.42 bits per heavy atom. The van der Waals surface area contributed by atoms with Crippen LogP contribution >= 0.6 is 0 Å². The standard InChI is InChI=1S/C16H30O3/c1-2-3-4-5-6-7-8-9-10-11-12-15(17)13-14-16(18)19/h13-15,17H,2-12H2,1H3,(H,18,19). The SMILES string of the molecule is CCCCCCCCCCCCC(O)C=CC(=O)O. The van der Waals surface area contributed by atoms with Gasteiger partial charge in [-0.1, -0.05) is 71.1 Å². The normalized spacial score (nSPS) is 12.9. The predicted octanol–water partition coefficient (Wildman–Crippen LogP) is 4.30. The molecule has 0 saturated carbocycles. The van der Waals surface area contributed by atoms with Gasteiger partial charge in [0.2, 0.25) is 0 Å². The minimum Gasteiger partial charge on any atom is -0.478 e. The van der Waals surface area contributed by atoms with Crippen LogP contribution in [-0.2, 0) is 4.79 Å². The highest BCUT2D eigenvalue weighted by Crippen LogP contribution is 2.12. The van der Waals surface area contributed by atoms with E-state index in [0.717, 1.165) is 18.9 Å². The molecule has 0 rings (SSSR count). The minimum absolute atomic E-state index is 0.606. The number of carbonyl (C=O) groups is 1. The van der Waals surface area contributed by atoms with E-state index in [1.165, 1.54) is 57.4 Å². The molecule has 0 amide bonds. The molecule has 0 fully saturated rings. The highest BCUT2D eigenvalue weighted by Gasteiger charge is 2.00. The molecule has 0 aliphatic heterocycles. The molecule has 0 aliphatic carbocycles. The third-order valence-electron chi connectivity index (χ3n) is 3.31. The van der Waals surface area contributed by atoms with E-state index in [1.807, 2.05) is 0 Å². The summed E-state index contributed by atoms with van der Waals surface area (Å²) in [7, 11) is 0. The van der Waals surface area contributed by atoms with Gasteiger partial charge in [0.15, 0.2) is 0 Å². The summed E-state index contributed by atoms with van der Waals surface area (Å²) in [4.78, 5) is 10.2. The molecular weight excluding hydrogens is 240 g/mol. The fourth-order valence-corrected chi connectivity index (χ4v) is 2.13. The monoisotopic (exact) mass is 270 g/mol. The van der Waals surface area contributed by atoms with Crippen molar-refractivity contribution in [2.75, 3.05) is 0 Å². The van der Waals surface area contributed by atoms with Crippen LogP contribution in [0.15, 0.2) is 12.2 Å². The minimum atomic E-state index is -0.998. The van der Waals surface area contributed by atoms with Gasteiger partial charge in [-0.3, -0.25) is 0 Å². The molecule has 0 saturated heterocycles. The first-order chi connectivity index (χ1) is 9.16. The Kier molecular flexibility index (Phi) is 13.0. The summed E-state index contributed by atoms with van der Waals surface area (Å²) in [6.45, 7) is 2.24. The van der Waals surface area contributed by atoms with Crippen molar-refractivity contribution in [3.8, 4) is 0 Å². The molecule has 0 spiro atoms. The second-order valence-electron chi connectivity index (χ2n) is 5.24. The van der Waals surface area contributed by atoms with Crippen molar-refractivity contribution in [2.24, 2.45) is 0 Å². The molecule has 0 aromatic rings. The van der Waals surface area contributed by atoms with Crippen molar-refractivity contribution in [3.63, 3.8) is 0 Å². The molecule has 3 heteroatoms. The van der Waals surface area contributed by atoms with Gasteiger partial charge >= 0.3 is 5.97 Å². The summed E-state index contributed by atoms with van der Waals surface area (Å²) >= 11 is 0. The van der Waals surface area contributed by atoms with E-state index in [1.54, 1.807) is 0 Å². The zero-order chi connectivity index (χ0) is 14.3. The van der Waals surface area contributed by atoms with Crippen LogP contribution in [0.5, 0.6) is 0 Å². The van der Waals surface area contributed by atoms with E-state index in [2.05, 4.69) is 6.92 Å². The maximum absolute atomic E-state index is 10.2. The average Bonchev–Trinajstić information content (AvgIpc) is 2.38. The molecule has 112 valence electrons. The zero-order valence-electron chi connectivity index (χ0n) is 12.3. The van der Waals surface area contributed by atoms with E-state index in [4.69, 9.17) is 5.11 Å². The molecule has 3 nitrogen and oxygen atoms in total. The fourth-order valence-electron chi connectivity index (χ4n) is 2.13.